The molecule has 1 aromatic rings. The van der Waals surface area contributed by atoms with E-state index < -0.39 is 16.9 Å². The van der Waals surface area contributed by atoms with Crippen LogP contribution in [0.3, 0.4) is 0 Å². The number of aryl methyl sites for hydroxylation is 1. The minimum atomic E-state index is -1.35. The summed E-state index contributed by atoms with van der Waals surface area (Å²) in [6.07, 6.45) is 12.3. The predicted octanol–water partition coefficient (Wildman–Crippen LogP) is 7.92. The lowest BCUT2D eigenvalue weighted by Gasteiger charge is -2.61. The Labute approximate surface area is 240 Å². The summed E-state index contributed by atoms with van der Waals surface area (Å²) in [6.45, 7) is 13.7. The van der Waals surface area contributed by atoms with Gasteiger partial charge in [0, 0.05) is 22.3 Å². The molecule has 5 saturated carbocycles. The first kappa shape index (κ1) is 28.2. The zero-order valence-corrected chi connectivity index (χ0v) is 26.2. The van der Waals surface area contributed by atoms with Gasteiger partial charge in [0.25, 0.3) is 0 Å². The zero-order valence-electron chi connectivity index (χ0n) is 25.4. The van der Waals surface area contributed by atoms with Gasteiger partial charge in [-0.05, 0) is 123 Å². The van der Waals surface area contributed by atoms with Crippen LogP contribution in [0.4, 0.5) is 0 Å². The molecule has 39 heavy (non-hydrogen) atoms. The maximum atomic E-state index is 13.8. The molecular weight excluding hydrogens is 500 g/mol. The molecule has 216 valence electrons. The minimum absolute atomic E-state index is 0.0824. The third-order valence-electron chi connectivity index (χ3n) is 13.3. The van der Waals surface area contributed by atoms with Crippen molar-refractivity contribution in [2.24, 2.45) is 57.7 Å². The monoisotopic (exact) mass is 552 g/mol. The molecular formula is C35H52O3S. The molecule has 3 nitrogen and oxygen atoms in total. The van der Waals surface area contributed by atoms with Crippen LogP contribution in [0.2, 0.25) is 0 Å². The van der Waals surface area contributed by atoms with E-state index in [1.165, 1.54) is 51.4 Å². The molecule has 0 unspecified atom stereocenters. The first-order chi connectivity index (χ1) is 18.5. The van der Waals surface area contributed by atoms with Crippen molar-refractivity contribution in [2.75, 3.05) is 7.11 Å². The molecule has 6 rings (SSSR count). The number of fused-ring (bicyclic) bond motifs is 4. The molecule has 5 fully saturated rings. The van der Waals surface area contributed by atoms with Gasteiger partial charge in [-0.2, -0.15) is 0 Å². The molecule has 0 heterocycles. The van der Waals surface area contributed by atoms with Crippen LogP contribution in [0.5, 0.6) is 0 Å². The fourth-order valence-corrected chi connectivity index (χ4v) is 12.8. The van der Waals surface area contributed by atoms with E-state index in [0.29, 0.717) is 33.7 Å². The van der Waals surface area contributed by atoms with Gasteiger partial charge in [-0.15, -0.1) is 0 Å². The number of allylic oxidation sites excluding steroid dienone is 1. The molecule has 5 aliphatic carbocycles. The Morgan fingerprint density at radius 3 is 2.41 bits per heavy atom. The molecule has 1 spiro atoms. The Bertz CT molecular complexity index is 1140. The second-order valence-electron chi connectivity index (χ2n) is 15.2. The van der Waals surface area contributed by atoms with Gasteiger partial charge in [0.2, 0.25) is 0 Å². The van der Waals surface area contributed by atoms with E-state index in [1.54, 1.807) is 0 Å². The number of methoxy groups -OCH3 is 1. The number of aliphatic hydroxyl groups excluding tert-OH is 1. The average molecular weight is 553 g/mol. The van der Waals surface area contributed by atoms with Crippen LogP contribution in [0.25, 0.3) is 0 Å². The normalized spacial score (nSPS) is 45.2. The Hall–Kier alpha value is -0.970. The second-order valence-corrected chi connectivity index (χ2v) is 16.6. The smallest absolute Gasteiger partial charge is 0.0902 e. The van der Waals surface area contributed by atoms with Crippen molar-refractivity contribution in [3.63, 3.8) is 0 Å². The van der Waals surface area contributed by atoms with Crippen molar-refractivity contribution in [1.82, 2.24) is 0 Å². The first-order valence-electron chi connectivity index (χ1n) is 15.9. The topological polar surface area (TPSA) is 46.5 Å². The third kappa shape index (κ3) is 4.04. The molecule has 5 aliphatic rings. The van der Waals surface area contributed by atoms with E-state index in [4.69, 9.17) is 4.74 Å². The summed E-state index contributed by atoms with van der Waals surface area (Å²) in [7, 11) is 0.624. The van der Waals surface area contributed by atoms with Crippen molar-refractivity contribution in [3.8, 4) is 0 Å². The predicted molar refractivity (Wildman–Crippen MR) is 160 cm³/mol. The second kappa shape index (κ2) is 9.80. The molecule has 4 heteroatoms. The molecule has 0 aliphatic heterocycles. The number of hydrogen-bond acceptors (Lipinski definition) is 3. The van der Waals surface area contributed by atoms with Gasteiger partial charge in [-0.25, -0.2) is 4.21 Å². The summed E-state index contributed by atoms with van der Waals surface area (Å²) in [4.78, 5) is 1.50. The van der Waals surface area contributed by atoms with Crippen molar-refractivity contribution in [1.29, 1.82) is 0 Å². The Morgan fingerprint density at radius 2 is 1.77 bits per heavy atom. The number of ether oxygens (including phenoxy) is 1. The van der Waals surface area contributed by atoms with Crippen molar-refractivity contribution in [2.45, 2.75) is 110 Å². The van der Waals surface area contributed by atoms with Gasteiger partial charge in [-0.3, -0.25) is 0 Å². The summed E-state index contributed by atoms with van der Waals surface area (Å²) >= 11 is 0. The van der Waals surface area contributed by atoms with E-state index in [1.807, 2.05) is 31.4 Å². The van der Waals surface area contributed by atoms with Crippen LogP contribution in [0.15, 0.2) is 40.1 Å². The van der Waals surface area contributed by atoms with Crippen LogP contribution in [-0.4, -0.2) is 28.6 Å². The van der Waals surface area contributed by atoms with Crippen LogP contribution in [-0.2, 0) is 15.5 Å². The summed E-state index contributed by atoms with van der Waals surface area (Å²) in [5.41, 5.74) is 2.31. The first-order valence-corrected chi connectivity index (χ1v) is 17.0. The fraction of sp³-hybridized carbons (Fsp3) is 0.771. The summed E-state index contributed by atoms with van der Waals surface area (Å²) in [5.74, 6) is 3.96. The van der Waals surface area contributed by atoms with E-state index in [2.05, 4.69) is 47.6 Å². The highest BCUT2D eigenvalue weighted by atomic mass is 32.2. The Morgan fingerprint density at radius 1 is 1.05 bits per heavy atom. The van der Waals surface area contributed by atoms with E-state index in [-0.39, 0.29) is 17.3 Å². The maximum absolute atomic E-state index is 13.8. The van der Waals surface area contributed by atoms with Crippen LogP contribution in [0, 0.1) is 64.6 Å². The lowest BCUT2D eigenvalue weighted by Crippen LogP contribution is -2.57. The molecule has 0 saturated heterocycles. The highest BCUT2D eigenvalue weighted by Crippen LogP contribution is 2.82. The van der Waals surface area contributed by atoms with Gasteiger partial charge in [0.1, 0.15) is 0 Å². The highest BCUT2D eigenvalue weighted by molar-refractivity contribution is 7.89. The van der Waals surface area contributed by atoms with Crippen molar-refractivity contribution in [3.05, 3.63) is 40.8 Å². The lowest BCUT2D eigenvalue weighted by atomic mass is 9.45. The van der Waals surface area contributed by atoms with Crippen molar-refractivity contribution < 1.29 is 14.1 Å². The fourth-order valence-electron chi connectivity index (χ4n) is 11.4. The molecule has 0 bridgehead atoms. The number of rotatable bonds is 7. The summed E-state index contributed by atoms with van der Waals surface area (Å²) in [6, 6.07) is 7.96. The van der Waals surface area contributed by atoms with Gasteiger partial charge in [0.15, 0.2) is 0 Å². The molecule has 1 N–H and O–H groups in total. The van der Waals surface area contributed by atoms with Gasteiger partial charge in [-0.1, -0.05) is 58.4 Å². The van der Waals surface area contributed by atoms with Crippen LogP contribution < -0.4 is 0 Å². The molecule has 12 atom stereocenters. The van der Waals surface area contributed by atoms with E-state index in [0.717, 1.165) is 28.2 Å². The van der Waals surface area contributed by atoms with Crippen molar-refractivity contribution >= 4 is 10.8 Å². The molecule has 0 aromatic heterocycles. The van der Waals surface area contributed by atoms with Gasteiger partial charge in [0.05, 0.1) is 23.0 Å². The highest BCUT2D eigenvalue weighted by Gasteiger charge is 2.77. The van der Waals surface area contributed by atoms with Crippen LogP contribution in [0.1, 0.15) is 91.5 Å². The number of benzene rings is 1. The number of hydrogen-bond donors (Lipinski definition) is 1. The third-order valence-corrected chi connectivity index (χ3v) is 14.8. The quantitative estimate of drug-likeness (QED) is 0.374. The van der Waals surface area contributed by atoms with Gasteiger partial charge >= 0.3 is 0 Å². The molecule has 0 amide bonds. The molecule has 1 aromatic carbocycles. The summed E-state index contributed by atoms with van der Waals surface area (Å²) in [5, 5.41) is 11.9. The average Bonchev–Trinajstić information content (AvgIpc) is 3.42. The largest absolute Gasteiger partial charge is 0.387 e. The Kier molecular flexibility index (Phi) is 7.08. The zero-order chi connectivity index (χ0) is 27.9. The summed E-state index contributed by atoms with van der Waals surface area (Å²) < 4.78 is 20.1. The SMILES string of the molecule is CO[C@@H]1C[C@H]2[C@@H]3CC[C@H]([C@H](C)[C@@H](O)/C(=C\C(C)C)[S@@](=O)c4ccc(C)cc4)[C@@]3(C)CC[C@@H]2[C@@]2(C)CC[C@@H]3C[C@]312. The molecule has 0 radical (unpaired) electrons. The van der Waals surface area contributed by atoms with E-state index in [9.17, 15) is 9.32 Å². The minimum Gasteiger partial charge on any atom is -0.387 e. The Balaban J connectivity index is 1.26. The van der Waals surface area contributed by atoms with Crippen LogP contribution >= 0.6 is 0 Å². The van der Waals surface area contributed by atoms with E-state index >= 15 is 0 Å². The number of aliphatic hydroxyl groups is 1. The maximum Gasteiger partial charge on any atom is 0.0902 e. The lowest BCUT2D eigenvalue weighted by molar-refractivity contribution is -0.162. The van der Waals surface area contributed by atoms with Gasteiger partial charge < -0.3 is 9.84 Å². The standard InChI is InChI=1S/C35H52O3S/c1-21(2)18-30(39(37)25-10-8-22(3)9-11-25)32(36)23(4)27-12-13-28-26-19-31(38-7)35-20-24(35)14-17-34(35,6)29(26)15-16-33(27,28)5/h8-11,18,21,23-24,26-29,31-32,36H,12-17,19-20H2,1-7H3/b30-18+/t23-,24+,26-,27+,28-,29-,31+,32+,33+,34+,35-,39-/m0/s1.